The molecule has 0 fully saturated rings. The molecule has 0 bridgehead atoms. The molecule has 184 valence electrons. The molecule has 35 heavy (non-hydrogen) atoms. The first-order valence-electron chi connectivity index (χ1n) is 10.4. The van der Waals surface area contributed by atoms with E-state index in [-0.39, 0.29) is 6.42 Å². The highest BCUT2D eigenvalue weighted by Gasteiger charge is 2.32. The number of hydrogen-bond donors (Lipinski definition) is 2. The predicted octanol–water partition coefficient (Wildman–Crippen LogP) is 4.40. The van der Waals surface area contributed by atoms with E-state index in [9.17, 15) is 23.1 Å². The number of benzene rings is 1. The monoisotopic (exact) mass is 508 g/mol. The van der Waals surface area contributed by atoms with Crippen LogP contribution in [0.5, 0.6) is 11.5 Å². The number of aryl methyl sites for hydroxylation is 1. The number of aliphatic hydroxyl groups excluding tert-OH is 1. The average Bonchev–Trinajstić information content (AvgIpc) is 3.26. The van der Waals surface area contributed by atoms with E-state index >= 15 is 0 Å². The van der Waals surface area contributed by atoms with E-state index in [1.54, 1.807) is 29.1 Å². The molecule has 2 aromatic heterocycles. The number of aliphatic hydroxyl groups is 1. The molecule has 8 nitrogen and oxygen atoms in total. The molecule has 3 heterocycles. The number of rotatable bonds is 7. The van der Waals surface area contributed by atoms with E-state index in [0.717, 1.165) is 6.20 Å². The molecular formula is C23H20ClF3N4O4. The van der Waals surface area contributed by atoms with E-state index in [0.29, 0.717) is 46.3 Å². The summed E-state index contributed by atoms with van der Waals surface area (Å²) in [6, 6.07) is 7.39. The summed E-state index contributed by atoms with van der Waals surface area (Å²) in [7, 11) is 0. The molecule has 1 aliphatic rings. The second-order valence-corrected chi connectivity index (χ2v) is 8.24. The van der Waals surface area contributed by atoms with Gasteiger partial charge in [-0.3, -0.25) is 14.5 Å². The maximum absolute atomic E-state index is 12.6. The second-order valence-electron chi connectivity index (χ2n) is 7.80. The molecule has 12 heteroatoms. The summed E-state index contributed by atoms with van der Waals surface area (Å²) >= 11 is 5.95. The zero-order chi connectivity index (χ0) is 25.2. The van der Waals surface area contributed by atoms with Crippen LogP contribution in [0, 0.1) is 0 Å². The van der Waals surface area contributed by atoms with Crippen LogP contribution in [0.4, 0.5) is 13.2 Å². The van der Waals surface area contributed by atoms with Crippen molar-refractivity contribution in [2.45, 2.75) is 38.0 Å². The fourth-order valence-electron chi connectivity index (χ4n) is 3.51. The lowest BCUT2D eigenvalue weighted by atomic mass is 9.98. The number of allylic oxidation sites excluding steroid dienone is 1. The number of hydrogen-bond acceptors (Lipinski definition) is 6. The van der Waals surface area contributed by atoms with Crippen LogP contribution in [0.2, 0.25) is 5.02 Å². The Hall–Kier alpha value is -3.57. The number of alkyl halides is 3. The lowest BCUT2D eigenvalue weighted by Crippen LogP contribution is -2.41. The molecule has 1 amide bonds. The van der Waals surface area contributed by atoms with Crippen LogP contribution < -0.4 is 14.8 Å². The highest BCUT2D eigenvalue weighted by Crippen LogP contribution is 2.36. The molecule has 3 aromatic rings. The number of nitrogens with zero attached hydrogens (tertiary/aromatic N) is 3. The Kier molecular flexibility index (Phi) is 6.99. The lowest BCUT2D eigenvalue weighted by molar-refractivity contribution is -0.274. The van der Waals surface area contributed by atoms with Gasteiger partial charge in [0.05, 0.1) is 24.2 Å². The molecule has 0 saturated carbocycles. The predicted molar refractivity (Wildman–Crippen MR) is 119 cm³/mol. The first kappa shape index (κ1) is 24.6. The van der Waals surface area contributed by atoms with E-state index < -0.39 is 30.2 Å². The number of carbonyl (C=O) groups excluding carboxylic acids is 1. The van der Waals surface area contributed by atoms with Crippen molar-refractivity contribution in [1.82, 2.24) is 20.1 Å². The topological polar surface area (TPSA) is 98.5 Å². The van der Waals surface area contributed by atoms with Crippen molar-refractivity contribution >= 4 is 17.5 Å². The number of amides is 1. The van der Waals surface area contributed by atoms with Crippen molar-refractivity contribution in [3.63, 3.8) is 0 Å². The Labute approximate surface area is 202 Å². The van der Waals surface area contributed by atoms with Gasteiger partial charge in [-0.25, -0.2) is 0 Å². The minimum Gasteiger partial charge on any atom is -0.480 e. The van der Waals surface area contributed by atoms with Crippen LogP contribution in [-0.2, 0) is 11.3 Å². The zero-order valence-electron chi connectivity index (χ0n) is 18.1. The summed E-state index contributed by atoms with van der Waals surface area (Å²) in [5.41, 5.74) is 1.99. The van der Waals surface area contributed by atoms with Crippen LogP contribution in [0.1, 0.15) is 24.5 Å². The highest BCUT2D eigenvalue weighted by atomic mass is 35.5. The van der Waals surface area contributed by atoms with E-state index in [1.165, 1.54) is 18.3 Å². The average molecular weight is 509 g/mol. The molecule has 0 unspecified atom stereocenters. The molecule has 1 aliphatic heterocycles. The SMILES string of the molecule is C=C(CCn1cc(-c2ccc(OC(F)(F)F)cn2)cn1)NC(=O)[C@H]1C[C@@H](O)c2cc(Cl)ccc2O1. The molecule has 0 spiro atoms. The van der Waals surface area contributed by atoms with Gasteiger partial charge < -0.3 is 19.9 Å². The Bertz CT molecular complexity index is 1230. The maximum Gasteiger partial charge on any atom is 0.573 e. The fraction of sp³-hybridized carbons (Fsp3) is 0.261. The molecule has 1 aromatic carbocycles. The van der Waals surface area contributed by atoms with Crippen molar-refractivity contribution < 1.29 is 32.5 Å². The summed E-state index contributed by atoms with van der Waals surface area (Å²) in [5.74, 6) is -0.446. The Morgan fingerprint density at radius 2 is 2.11 bits per heavy atom. The third-order valence-corrected chi connectivity index (χ3v) is 5.41. The van der Waals surface area contributed by atoms with Gasteiger partial charge in [0.1, 0.15) is 11.5 Å². The Morgan fingerprint density at radius 1 is 1.31 bits per heavy atom. The maximum atomic E-state index is 12.6. The van der Waals surface area contributed by atoms with Crippen molar-refractivity contribution in [3.05, 3.63) is 71.8 Å². The lowest BCUT2D eigenvalue weighted by Gasteiger charge is -2.29. The summed E-state index contributed by atoms with van der Waals surface area (Å²) in [5, 5.41) is 17.7. The Balaban J connectivity index is 1.29. The van der Waals surface area contributed by atoms with Gasteiger partial charge in [0.25, 0.3) is 5.91 Å². The number of pyridine rings is 1. The number of nitrogens with one attached hydrogen (secondary N) is 1. The van der Waals surface area contributed by atoms with Crippen molar-refractivity contribution in [3.8, 4) is 22.8 Å². The number of aromatic nitrogens is 3. The Morgan fingerprint density at radius 3 is 2.83 bits per heavy atom. The number of ether oxygens (including phenoxy) is 2. The molecule has 2 N–H and O–H groups in total. The summed E-state index contributed by atoms with van der Waals surface area (Å²) in [6.45, 7) is 4.24. The number of fused-ring (bicyclic) bond motifs is 1. The highest BCUT2D eigenvalue weighted by molar-refractivity contribution is 6.30. The molecular weight excluding hydrogens is 489 g/mol. The van der Waals surface area contributed by atoms with E-state index in [4.69, 9.17) is 16.3 Å². The van der Waals surface area contributed by atoms with Gasteiger partial charge in [0.2, 0.25) is 0 Å². The first-order chi connectivity index (χ1) is 16.6. The van der Waals surface area contributed by atoms with E-state index in [2.05, 4.69) is 26.7 Å². The smallest absolute Gasteiger partial charge is 0.480 e. The summed E-state index contributed by atoms with van der Waals surface area (Å²) in [4.78, 5) is 16.6. The van der Waals surface area contributed by atoms with Crippen molar-refractivity contribution in [1.29, 1.82) is 0 Å². The van der Waals surface area contributed by atoms with Crippen LogP contribution in [0.15, 0.2) is 61.2 Å². The van der Waals surface area contributed by atoms with Gasteiger partial charge in [0, 0.05) is 47.4 Å². The standard InChI is InChI=1S/C23H20ClF3N4O4/c1-13(30-22(33)21-9-19(32)17-8-15(24)2-5-20(17)34-21)6-7-31-12-14(10-29-31)18-4-3-16(11-28-18)35-23(25,26)27/h2-5,8,10-12,19,21,32H,1,6-7,9H2,(H,30,33)/t19-,21-/m1/s1. The van der Waals surface area contributed by atoms with Crippen LogP contribution >= 0.6 is 11.6 Å². The van der Waals surface area contributed by atoms with Crippen LogP contribution in [0.3, 0.4) is 0 Å². The normalized spacial score (nSPS) is 17.3. The largest absolute Gasteiger partial charge is 0.573 e. The summed E-state index contributed by atoms with van der Waals surface area (Å²) < 4.78 is 47.9. The molecule has 2 atom stereocenters. The van der Waals surface area contributed by atoms with Gasteiger partial charge in [-0.15, -0.1) is 13.2 Å². The zero-order valence-corrected chi connectivity index (χ0v) is 18.9. The number of carbonyl (C=O) groups is 1. The van der Waals surface area contributed by atoms with Crippen LogP contribution in [-0.4, -0.2) is 38.2 Å². The minimum absolute atomic E-state index is 0.0781. The van der Waals surface area contributed by atoms with Gasteiger partial charge >= 0.3 is 6.36 Å². The fourth-order valence-corrected chi connectivity index (χ4v) is 3.69. The number of halogens is 4. The van der Waals surface area contributed by atoms with Gasteiger partial charge in [-0.05, 0) is 30.3 Å². The second kappa shape index (κ2) is 9.96. The molecule has 0 radical (unpaired) electrons. The van der Waals surface area contributed by atoms with Gasteiger partial charge in [0.15, 0.2) is 6.10 Å². The van der Waals surface area contributed by atoms with Gasteiger partial charge in [-0.1, -0.05) is 18.2 Å². The summed E-state index contributed by atoms with van der Waals surface area (Å²) in [6.07, 6.45) is -1.94. The molecule has 0 aliphatic carbocycles. The van der Waals surface area contributed by atoms with Crippen molar-refractivity contribution in [2.24, 2.45) is 0 Å². The third-order valence-electron chi connectivity index (χ3n) is 5.17. The first-order valence-corrected chi connectivity index (χ1v) is 10.8. The third kappa shape index (κ3) is 6.31. The van der Waals surface area contributed by atoms with Gasteiger partial charge in [-0.2, -0.15) is 5.10 Å². The molecule has 0 saturated heterocycles. The van der Waals surface area contributed by atoms with Crippen molar-refractivity contribution in [2.75, 3.05) is 0 Å². The van der Waals surface area contributed by atoms with Crippen LogP contribution in [0.25, 0.3) is 11.3 Å². The quantitative estimate of drug-likeness (QED) is 0.491. The van der Waals surface area contributed by atoms with E-state index in [1.807, 2.05) is 0 Å². The minimum atomic E-state index is -4.78. The molecule has 4 rings (SSSR count).